The number of guanidine groups is 1. The van der Waals surface area contributed by atoms with Gasteiger partial charge in [-0.2, -0.15) is 0 Å². The van der Waals surface area contributed by atoms with Crippen molar-refractivity contribution >= 4 is 52.1 Å². The van der Waals surface area contributed by atoms with Crippen molar-refractivity contribution < 1.29 is 0 Å². The summed E-state index contributed by atoms with van der Waals surface area (Å²) in [6.45, 7) is 4.24. The van der Waals surface area contributed by atoms with Crippen molar-refractivity contribution in [2.24, 2.45) is 10.7 Å². The molecular formula is C17H25IN6S. The van der Waals surface area contributed by atoms with E-state index in [0.717, 1.165) is 31.3 Å². The molecular weight excluding hydrogens is 447 g/mol. The summed E-state index contributed by atoms with van der Waals surface area (Å²) in [5.41, 5.74) is 8.54. The fourth-order valence-electron chi connectivity index (χ4n) is 2.70. The van der Waals surface area contributed by atoms with Crippen LogP contribution in [0.5, 0.6) is 0 Å². The van der Waals surface area contributed by atoms with E-state index in [2.05, 4.69) is 48.9 Å². The maximum atomic E-state index is 6.19. The number of halogens is 1. The number of thiazole rings is 1. The van der Waals surface area contributed by atoms with Crippen LogP contribution in [0, 0.1) is 0 Å². The van der Waals surface area contributed by atoms with Gasteiger partial charge in [0.05, 0.1) is 6.54 Å². The van der Waals surface area contributed by atoms with Crippen molar-refractivity contribution in [1.29, 1.82) is 0 Å². The molecule has 0 unspecified atom stereocenters. The number of hydrogen-bond donors (Lipinski definition) is 1. The second-order valence-corrected chi connectivity index (χ2v) is 6.90. The summed E-state index contributed by atoms with van der Waals surface area (Å²) in [6.07, 6.45) is 1.85. The zero-order valence-electron chi connectivity index (χ0n) is 14.6. The summed E-state index contributed by atoms with van der Waals surface area (Å²) in [6, 6.07) is 8.39. The van der Waals surface area contributed by atoms with Gasteiger partial charge in [-0.3, -0.25) is 0 Å². The summed E-state index contributed by atoms with van der Waals surface area (Å²) in [7, 11) is 4.08. The molecule has 0 bridgehead atoms. The van der Waals surface area contributed by atoms with Crippen LogP contribution in [0.4, 0.5) is 10.8 Å². The standard InChI is InChI=1S/C17H24N6S.HI/c1-21(2)15-5-3-4-14(12-15)13-20-16(18)22-7-9-23(10-8-22)17-19-6-11-24-17;/h3-6,11-12H,7-10,13H2,1-2H3,(H2,18,20);1H. The fraction of sp³-hybridized carbons (Fsp3) is 0.412. The van der Waals surface area contributed by atoms with E-state index in [1.165, 1.54) is 11.3 Å². The Morgan fingerprint density at radius 1 is 1.28 bits per heavy atom. The lowest BCUT2D eigenvalue weighted by Crippen LogP contribution is -2.51. The van der Waals surface area contributed by atoms with E-state index in [9.17, 15) is 0 Å². The first-order chi connectivity index (χ1) is 11.6. The Morgan fingerprint density at radius 3 is 2.68 bits per heavy atom. The molecule has 1 saturated heterocycles. The Bertz CT molecular complexity index is 680. The number of anilines is 2. The first-order valence-corrected chi connectivity index (χ1v) is 8.97. The number of hydrogen-bond acceptors (Lipinski definition) is 5. The highest BCUT2D eigenvalue weighted by atomic mass is 127. The molecule has 0 atom stereocenters. The monoisotopic (exact) mass is 472 g/mol. The zero-order valence-corrected chi connectivity index (χ0v) is 17.8. The minimum Gasteiger partial charge on any atom is -0.378 e. The Kier molecular flexibility index (Phi) is 7.30. The van der Waals surface area contributed by atoms with Gasteiger partial charge in [0.25, 0.3) is 0 Å². The Balaban J connectivity index is 0.00000225. The maximum absolute atomic E-state index is 6.19. The highest BCUT2D eigenvalue weighted by Gasteiger charge is 2.19. The zero-order chi connectivity index (χ0) is 16.9. The van der Waals surface area contributed by atoms with Crippen molar-refractivity contribution in [3.8, 4) is 0 Å². The van der Waals surface area contributed by atoms with Crippen LogP contribution in [0.2, 0.25) is 0 Å². The number of aliphatic imine (C=N–C) groups is 1. The molecule has 0 saturated carbocycles. The van der Waals surface area contributed by atoms with E-state index in [0.29, 0.717) is 12.5 Å². The van der Waals surface area contributed by atoms with Gasteiger partial charge in [0.15, 0.2) is 11.1 Å². The van der Waals surface area contributed by atoms with E-state index in [-0.39, 0.29) is 24.0 Å². The van der Waals surface area contributed by atoms with Gasteiger partial charge in [-0.25, -0.2) is 9.98 Å². The Labute approximate surface area is 170 Å². The van der Waals surface area contributed by atoms with Gasteiger partial charge in [-0.1, -0.05) is 12.1 Å². The second-order valence-electron chi connectivity index (χ2n) is 6.03. The fourth-order valence-corrected chi connectivity index (χ4v) is 3.40. The molecule has 1 aromatic carbocycles. The van der Waals surface area contributed by atoms with Crippen LogP contribution in [0.3, 0.4) is 0 Å². The van der Waals surface area contributed by atoms with Gasteiger partial charge in [-0.15, -0.1) is 35.3 Å². The number of nitrogens with zero attached hydrogens (tertiary/aromatic N) is 5. The maximum Gasteiger partial charge on any atom is 0.191 e. The SMILES string of the molecule is CN(C)c1cccc(CN=C(N)N2CCN(c3nccs3)CC2)c1.I. The molecule has 0 aliphatic carbocycles. The van der Waals surface area contributed by atoms with Gasteiger partial charge >= 0.3 is 0 Å². The number of aromatic nitrogens is 1. The molecule has 136 valence electrons. The van der Waals surface area contributed by atoms with Gasteiger partial charge in [0, 0.05) is 57.5 Å². The molecule has 0 radical (unpaired) electrons. The first kappa shape index (κ1) is 19.8. The summed E-state index contributed by atoms with van der Waals surface area (Å²) in [5.74, 6) is 0.629. The van der Waals surface area contributed by atoms with Crippen molar-refractivity contribution in [2.45, 2.75) is 6.54 Å². The molecule has 0 amide bonds. The molecule has 1 aliphatic heterocycles. The van der Waals surface area contributed by atoms with Gasteiger partial charge < -0.3 is 20.4 Å². The highest BCUT2D eigenvalue weighted by Crippen LogP contribution is 2.19. The van der Waals surface area contributed by atoms with Crippen LogP contribution < -0.4 is 15.5 Å². The minimum atomic E-state index is 0. The first-order valence-electron chi connectivity index (χ1n) is 8.09. The molecule has 2 aromatic rings. The third kappa shape index (κ3) is 5.21. The van der Waals surface area contributed by atoms with Gasteiger partial charge in [0.1, 0.15) is 0 Å². The van der Waals surface area contributed by atoms with E-state index in [1.807, 2.05) is 25.7 Å². The predicted molar refractivity (Wildman–Crippen MR) is 117 cm³/mol. The van der Waals surface area contributed by atoms with Crippen molar-refractivity contribution in [2.75, 3.05) is 50.1 Å². The molecule has 3 rings (SSSR count). The number of rotatable bonds is 4. The van der Waals surface area contributed by atoms with Crippen LogP contribution in [-0.2, 0) is 6.54 Å². The van der Waals surface area contributed by atoms with Crippen LogP contribution >= 0.6 is 35.3 Å². The van der Waals surface area contributed by atoms with E-state index >= 15 is 0 Å². The molecule has 1 fully saturated rings. The predicted octanol–water partition coefficient (Wildman–Crippen LogP) is 2.46. The summed E-state index contributed by atoms with van der Waals surface area (Å²) in [4.78, 5) is 15.5. The number of piperazine rings is 1. The van der Waals surface area contributed by atoms with E-state index in [1.54, 1.807) is 11.3 Å². The van der Waals surface area contributed by atoms with Crippen molar-refractivity contribution in [1.82, 2.24) is 9.88 Å². The van der Waals surface area contributed by atoms with Crippen LogP contribution in [0.15, 0.2) is 40.8 Å². The third-order valence-corrected chi connectivity index (χ3v) is 4.98. The Morgan fingerprint density at radius 2 is 2.04 bits per heavy atom. The van der Waals surface area contributed by atoms with Gasteiger partial charge in [0.2, 0.25) is 0 Å². The molecule has 0 spiro atoms. The molecule has 2 N–H and O–H groups in total. The summed E-state index contributed by atoms with van der Waals surface area (Å²) < 4.78 is 0. The topological polar surface area (TPSA) is 61.0 Å². The van der Waals surface area contributed by atoms with Gasteiger partial charge in [-0.05, 0) is 17.7 Å². The van der Waals surface area contributed by atoms with E-state index in [4.69, 9.17) is 5.73 Å². The molecule has 6 nitrogen and oxygen atoms in total. The average Bonchev–Trinajstić information content (AvgIpc) is 3.14. The largest absolute Gasteiger partial charge is 0.378 e. The highest BCUT2D eigenvalue weighted by molar-refractivity contribution is 14.0. The third-order valence-electron chi connectivity index (χ3n) is 4.14. The average molecular weight is 472 g/mol. The second kappa shape index (κ2) is 9.23. The molecule has 25 heavy (non-hydrogen) atoms. The lowest BCUT2D eigenvalue weighted by Gasteiger charge is -2.35. The van der Waals surface area contributed by atoms with Crippen LogP contribution in [0.1, 0.15) is 5.56 Å². The van der Waals surface area contributed by atoms with Crippen molar-refractivity contribution in [3.63, 3.8) is 0 Å². The lowest BCUT2D eigenvalue weighted by atomic mass is 10.2. The molecule has 2 heterocycles. The summed E-state index contributed by atoms with van der Waals surface area (Å²) >= 11 is 1.68. The van der Waals surface area contributed by atoms with Crippen molar-refractivity contribution in [3.05, 3.63) is 41.4 Å². The molecule has 1 aromatic heterocycles. The molecule has 8 heteroatoms. The molecule has 1 aliphatic rings. The quantitative estimate of drug-likeness (QED) is 0.421. The Hall–Kier alpha value is -1.55. The number of benzene rings is 1. The minimum absolute atomic E-state index is 0. The number of nitrogens with two attached hydrogens (primary N) is 1. The normalized spacial score (nSPS) is 15.0. The van der Waals surface area contributed by atoms with E-state index < -0.39 is 0 Å². The van der Waals surface area contributed by atoms with Crippen LogP contribution in [-0.4, -0.2) is 56.1 Å². The summed E-state index contributed by atoms with van der Waals surface area (Å²) in [5, 5.41) is 3.10. The smallest absolute Gasteiger partial charge is 0.191 e. The lowest BCUT2D eigenvalue weighted by molar-refractivity contribution is 0.380. The van der Waals surface area contributed by atoms with Crippen LogP contribution in [0.25, 0.3) is 0 Å².